The normalized spacial score (nSPS) is 10.4. The second-order valence-corrected chi connectivity index (χ2v) is 4.24. The Hall–Kier alpha value is -1.81. The van der Waals surface area contributed by atoms with Crippen LogP contribution in [0.3, 0.4) is 0 Å². The van der Waals surface area contributed by atoms with E-state index in [-0.39, 0.29) is 10.7 Å². The third kappa shape index (κ3) is 2.24. The fourth-order valence-electron chi connectivity index (χ4n) is 1.70. The largest absolute Gasteiger partial charge is 0.397 e. The number of rotatable bonds is 2. The van der Waals surface area contributed by atoms with E-state index in [2.05, 4.69) is 0 Å². The van der Waals surface area contributed by atoms with E-state index < -0.39 is 11.6 Å². The molecule has 18 heavy (non-hydrogen) atoms. The van der Waals surface area contributed by atoms with Gasteiger partial charge in [0, 0.05) is 13.1 Å². The van der Waals surface area contributed by atoms with Crippen LogP contribution in [0.15, 0.2) is 36.4 Å². The lowest BCUT2D eigenvalue weighted by molar-refractivity contribution is 0.624. The zero-order chi connectivity index (χ0) is 13.3. The third-order valence-electron chi connectivity index (χ3n) is 2.64. The predicted octanol–water partition coefficient (Wildman–Crippen LogP) is 3.97. The molecule has 0 saturated heterocycles. The minimum atomic E-state index is -0.593. The summed E-state index contributed by atoms with van der Waals surface area (Å²) in [5, 5.41) is -0.0572. The second-order valence-electron chi connectivity index (χ2n) is 3.84. The van der Waals surface area contributed by atoms with Crippen molar-refractivity contribution in [2.45, 2.75) is 0 Å². The van der Waals surface area contributed by atoms with E-state index in [1.54, 1.807) is 25.2 Å². The first-order valence-corrected chi connectivity index (χ1v) is 5.61. The molecule has 0 saturated carbocycles. The molecule has 0 aliphatic rings. The quantitative estimate of drug-likeness (QED) is 0.835. The third-order valence-corrected chi connectivity index (χ3v) is 2.93. The molecular formula is C13H11ClF2N2. The topological polar surface area (TPSA) is 29.3 Å². The van der Waals surface area contributed by atoms with E-state index in [1.165, 1.54) is 23.1 Å². The standard InChI is InChI=1S/C13H11ClF2N2/c1-18(12-5-3-2-4-9(12)15)13-7-10(16)8(14)6-11(13)17/h2-7H,17H2,1H3. The SMILES string of the molecule is CN(c1cc(F)c(Cl)cc1N)c1ccccc1F. The number of anilines is 3. The summed E-state index contributed by atoms with van der Waals surface area (Å²) in [5.74, 6) is -1.00. The van der Waals surface area contributed by atoms with Gasteiger partial charge in [-0.3, -0.25) is 0 Å². The molecule has 2 N–H and O–H groups in total. The summed E-state index contributed by atoms with van der Waals surface area (Å²) in [6, 6.07) is 8.68. The summed E-state index contributed by atoms with van der Waals surface area (Å²) in [5.41, 5.74) is 6.72. The Bertz CT molecular complexity index is 587. The maximum Gasteiger partial charge on any atom is 0.146 e. The smallest absolute Gasteiger partial charge is 0.146 e. The summed E-state index contributed by atoms with van der Waals surface area (Å²) in [6.45, 7) is 0. The Kier molecular flexibility index (Phi) is 3.39. The molecule has 0 aromatic heterocycles. The highest BCUT2D eigenvalue weighted by atomic mass is 35.5. The molecule has 94 valence electrons. The van der Waals surface area contributed by atoms with Crippen LogP contribution in [0.1, 0.15) is 0 Å². The summed E-state index contributed by atoms with van der Waals surface area (Å²) < 4.78 is 27.1. The molecule has 0 fully saturated rings. The molecular weight excluding hydrogens is 258 g/mol. The summed E-state index contributed by atoms with van der Waals surface area (Å²) in [4.78, 5) is 1.48. The van der Waals surface area contributed by atoms with Gasteiger partial charge in [-0.05, 0) is 18.2 Å². The average molecular weight is 269 g/mol. The molecule has 2 rings (SSSR count). The van der Waals surface area contributed by atoms with Crippen LogP contribution in [0.4, 0.5) is 25.8 Å². The van der Waals surface area contributed by atoms with E-state index in [9.17, 15) is 8.78 Å². The molecule has 0 aliphatic heterocycles. The first-order chi connectivity index (χ1) is 8.50. The van der Waals surface area contributed by atoms with Gasteiger partial charge in [0.2, 0.25) is 0 Å². The number of nitrogens with two attached hydrogens (primary N) is 1. The highest BCUT2D eigenvalue weighted by Gasteiger charge is 2.14. The minimum absolute atomic E-state index is 0.0572. The summed E-state index contributed by atoms with van der Waals surface area (Å²) in [7, 11) is 1.61. The van der Waals surface area contributed by atoms with Crippen LogP contribution in [0.25, 0.3) is 0 Å². The number of halogens is 3. The number of nitrogen functional groups attached to an aromatic ring is 1. The molecule has 0 unspecified atom stereocenters. The highest BCUT2D eigenvalue weighted by molar-refractivity contribution is 6.31. The Morgan fingerprint density at radius 3 is 2.39 bits per heavy atom. The maximum absolute atomic E-state index is 13.6. The van der Waals surface area contributed by atoms with Gasteiger partial charge < -0.3 is 10.6 Å². The first-order valence-electron chi connectivity index (χ1n) is 5.23. The van der Waals surface area contributed by atoms with Gasteiger partial charge in [0.1, 0.15) is 11.6 Å². The number of para-hydroxylation sites is 1. The zero-order valence-electron chi connectivity index (χ0n) is 9.62. The van der Waals surface area contributed by atoms with E-state index >= 15 is 0 Å². The Morgan fingerprint density at radius 2 is 1.72 bits per heavy atom. The minimum Gasteiger partial charge on any atom is -0.397 e. The van der Waals surface area contributed by atoms with E-state index in [4.69, 9.17) is 17.3 Å². The molecule has 0 radical (unpaired) electrons. The van der Waals surface area contributed by atoms with Crippen LogP contribution in [-0.2, 0) is 0 Å². The number of hydrogen-bond donors (Lipinski definition) is 1. The van der Waals surface area contributed by atoms with Gasteiger partial charge in [-0.25, -0.2) is 8.78 Å². The van der Waals surface area contributed by atoms with E-state index in [0.717, 1.165) is 0 Å². The molecule has 0 heterocycles. The van der Waals surface area contributed by atoms with E-state index in [1.807, 2.05) is 0 Å². The number of hydrogen-bond acceptors (Lipinski definition) is 2. The maximum atomic E-state index is 13.6. The van der Waals surface area contributed by atoms with Crippen molar-refractivity contribution in [1.82, 2.24) is 0 Å². The fraction of sp³-hybridized carbons (Fsp3) is 0.0769. The van der Waals surface area contributed by atoms with Gasteiger partial charge >= 0.3 is 0 Å². The van der Waals surface area contributed by atoms with Crippen LogP contribution < -0.4 is 10.6 Å². The van der Waals surface area contributed by atoms with Crippen molar-refractivity contribution in [3.8, 4) is 0 Å². The van der Waals surface area contributed by atoms with Gasteiger partial charge in [-0.15, -0.1) is 0 Å². The van der Waals surface area contributed by atoms with Crippen molar-refractivity contribution in [2.24, 2.45) is 0 Å². The molecule has 0 bridgehead atoms. The van der Waals surface area contributed by atoms with Crippen molar-refractivity contribution in [3.63, 3.8) is 0 Å². The van der Waals surface area contributed by atoms with Crippen molar-refractivity contribution >= 4 is 28.7 Å². The summed E-state index contributed by atoms with van der Waals surface area (Å²) >= 11 is 5.62. The number of benzene rings is 2. The molecule has 0 spiro atoms. The lowest BCUT2D eigenvalue weighted by Crippen LogP contribution is -2.13. The van der Waals surface area contributed by atoms with Gasteiger partial charge in [0.15, 0.2) is 0 Å². The molecule has 2 aromatic rings. The van der Waals surface area contributed by atoms with Crippen molar-refractivity contribution in [2.75, 3.05) is 17.7 Å². The summed E-state index contributed by atoms with van der Waals surface area (Å²) in [6.07, 6.45) is 0. The number of nitrogens with zero attached hydrogens (tertiary/aromatic N) is 1. The first kappa shape index (κ1) is 12.6. The van der Waals surface area contributed by atoms with Crippen LogP contribution >= 0.6 is 11.6 Å². The van der Waals surface area contributed by atoms with Gasteiger partial charge in [0.25, 0.3) is 0 Å². The lowest BCUT2D eigenvalue weighted by Gasteiger charge is -2.22. The molecule has 5 heteroatoms. The Labute approximate surface area is 109 Å². The van der Waals surface area contributed by atoms with Crippen LogP contribution in [-0.4, -0.2) is 7.05 Å². The highest BCUT2D eigenvalue weighted by Crippen LogP contribution is 2.33. The van der Waals surface area contributed by atoms with Crippen molar-refractivity contribution < 1.29 is 8.78 Å². The average Bonchev–Trinajstić information content (AvgIpc) is 2.33. The second kappa shape index (κ2) is 4.82. The van der Waals surface area contributed by atoms with Crippen molar-refractivity contribution in [3.05, 3.63) is 53.1 Å². The monoisotopic (exact) mass is 268 g/mol. The van der Waals surface area contributed by atoms with Gasteiger partial charge in [0.05, 0.1) is 22.1 Å². The molecule has 0 aliphatic carbocycles. The van der Waals surface area contributed by atoms with Gasteiger partial charge in [-0.2, -0.15) is 0 Å². The van der Waals surface area contributed by atoms with Crippen LogP contribution in [0, 0.1) is 11.6 Å². The van der Waals surface area contributed by atoms with Gasteiger partial charge in [-0.1, -0.05) is 23.7 Å². The van der Waals surface area contributed by atoms with Crippen LogP contribution in [0.2, 0.25) is 5.02 Å². The Balaban J connectivity index is 2.50. The molecule has 0 atom stereocenters. The molecule has 2 nitrogen and oxygen atoms in total. The Morgan fingerprint density at radius 1 is 1.06 bits per heavy atom. The molecule has 0 amide bonds. The molecule has 2 aromatic carbocycles. The van der Waals surface area contributed by atoms with Crippen molar-refractivity contribution in [1.29, 1.82) is 0 Å². The lowest BCUT2D eigenvalue weighted by atomic mass is 10.2. The fourth-order valence-corrected chi connectivity index (χ4v) is 1.87. The zero-order valence-corrected chi connectivity index (χ0v) is 10.4. The van der Waals surface area contributed by atoms with E-state index in [0.29, 0.717) is 11.4 Å². The predicted molar refractivity (Wildman–Crippen MR) is 70.3 cm³/mol. The van der Waals surface area contributed by atoms with Crippen LogP contribution in [0.5, 0.6) is 0 Å².